The first-order valence-electron chi connectivity index (χ1n) is 11.3. The number of hydrogen-bond acceptors (Lipinski definition) is 5. The molecule has 0 radical (unpaired) electrons. The summed E-state index contributed by atoms with van der Waals surface area (Å²) in [6, 6.07) is 18.0. The van der Waals surface area contributed by atoms with Crippen LogP contribution in [-0.4, -0.2) is 53.7 Å². The van der Waals surface area contributed by atoms with E-state index in [2.05, 4.69) is 4.98 Å². The Balaban J connectivity index is 1.50. The third-order valence-electron chi connectivity index (χ3n) is 5.84. The molecule has 6 nitrogen and oxygen atoms in total. The Kier molecular flexibility index (Phi) is 6.18. The maximum absolute atomic E-state index is 15.1. The lowest BCUT2D eigenvalue weighted by Gasteiger charge is -2.27. The molecule has 5 rings (SSSR count). The fourth-order valence-corrected chi connectivity index (χ4v) is 4.09. The summed E-state index contributed by atoms with van der Waals surface area (Å²) in [7, 11) is 0. The number of para-hydroxylation sites is 1. The first kappa shape index (κ1) is 22.0. The van der Waals surface area contributed by atoms with Crippen LogP contribution in [0.2, 0.25) is 0 Å². The lowest BCUT2D eigenvalue weighted by atomic mass is 10.0. The Morgan fingerprint density at radius 1 is 1.06 bits per heavy atom. The first-order chi connectivity index (χ1) is 16.6. The van der Waals surface area contributed by atoms with Crippen LogP contribution in [0.15, 0.2) is 66.9 Å². The van der Waals surface area contributed by atoms with Crippen molar-refractivity contribution in [2.45, 2.75) is 6.92 Å². The molecule has 1 fully saturated rings. The lowest BCUT2D eigenvalue weighted by Crippen LogP contribution is -2.41. The molecule has 1 saturated heterocycles. The number of nitrogens with zero attached hydrogens (tertiary/aromatic N) is 3. The fourth-order valence-electron chi connectivity index (χ4n) is 4.09. The number of carbonyl (C=O) groups is 1. The molecule has 3 aromatic carbocycles. The summed E-state index contributed by atoms with van der Waals surface area (Å²) < 4.78 is 25.9. The third-order valence-corrected chi connectivity index (χ3v) is 5.84. The molecule has 1 aliphatic rings. The van der Waals surface area contributed by atoms with Gasteiger partial charge in [-0.1, -0.05) is 18.2 Å². The monoisotopic (exact) mass is 457 g/mol. The number of hydrogen-bond donors (Lipinski definition) is 0. The minimum atomic E-state index is -0.554. The highest BCUT2D eigenvalue weighted by molar-refractivity contribution is 5.97. The Labute approximate surface area is 197 Å². The molecule has 0 aliphatic carbocycles. The van der Waals surface area contributed by atoms with Gasteiger partial charge < -0.3 is 14.4 Å². The molecular formula is C27H24FN3O3. The van der Waals surface area contributed by atoms with Gasteiger partial charge in [-0.3, -0.25) is 9.78 Å². The van der Waals surface area contributed by atoms with E-state index in [0.717, 1.165) is 16.9 Å². The summed E-state index contributed by atoms with van der Waals surface area (Å²) >= 11 is 0. The second-order valence-electron chi connectivity index (χ2n) is 7.99. The average molecular weight is 458 g/mol. The summed E-state index contributed by atoms with van der Waals surface area (Å²) in [5.41, 5.74) is 4.45. The molecule has 172 valence electrons. The summed E-state index contributed by atoms with van der Waals surface area (Å²) in [6.45, 7) is 4.41. The van der Waals surface area contributed by atoms with Crippen molar-refractivity contribution in [3.05, 3.63) is 78.2 Å². The van der Waals surface area contributed by atoms with Gasteiger partial charge in [0.2, 0.25) is 0 Å². The molecule has 1 aliphatic heterocycles. The predicted octanol–water partition coefficient (Wildman–Crippen LogP) is 4.97. The summed E-state index contributed by atoms with van der Waals surface area (Å²) in [6.07, 6.45) is 1.73. The average Bonchev–Trinajstić information content (AvgIpc) is 2.89. The molecule has 2 heterocycles. The number of amides is 1. The standard InChI is InChI=1S/C27H24FN3O3/c1-2-34-20-9-6-18(7-10-20)25-17-29-24-5-3-4-21(26(24)30-25)19-8-11-22(23(28)16-19)27(32)31-12-14-33-15-13-31/h3-11,16-17H,2,12-15H2,1H3. The van der Waals surface area contributed by atoms with E-state index < -0.39 is 5.82 Å². The summed E-state index contributed by atoms with van der Waals surface area (Å²) in [4.78, 5) is 23.8. The molecule has 0 bridgehead atoms. The Hall–Kier alpha value is -3.84. The van der Waals surface area contributed by atoms with E-state index >= 15 is 4.39 Å². The van der Waals surface area contributed by atoms with Crippen molar-refractivity contribution in [3.8, 4) is 28.1 Å². The topological polar surface area (TPSA) is 64.5 Å². The maximum atomic E-state index is 15.1. The first-order valence-corrected chi connectivity index (χ1v) is 11.3. The minimum Gasteiger partial charge on any atom is -0.494 e. The van der Waals surface area contributed by atoms with Gasteiger partial charge in [0.05, 0.1) is 48.3 Å². The maximum Gasteiger partial charge on any atom is 0.256 e. The second kappa shape index (κ2) is 9.57. The van der Waals surface area contributed by atoms with Crippen LogP contribution >= 0.6 is 0 Å². The van der Waals surface area contributed by atoms with Crippen molar-refractivity contribution in [1.29, 1.82) is 0 Å². The van der Waals surface area contributed by atoms with Crippen molar-refractivity contribution < 1.29 is 18.7 Å². The van der Waals surface area contributed by atoms with Crippen LogP contribution in [0, 0.1) is 5.82 Å². The Bertz CT molecular complexity index is 1340. The molecule has 7 heteroatoms. The highest BCUT2D eigenvalue weighted by atomic mass is 19.1. The number of carbonyl (C=O) groups excluding carboxylic acids is 1. The van der Waals surface area contributed by atoms with Crippen LogP contribution in [0.5, 0.6) is 5.75 Å². The molecule has 0 saturated carbocycles. The van der Waals surface area contributed by atoms with Gasteiger partial charge in [-0.05, 0) is 55.0 Å². The van der Waals surface area contributed by atoms with Gasteiger partial charge >= 0.3 is 0 Å². The molecule has 0 unspecified atom stereocenters. The van der Waals surface area contributed by atoms with Crippen molar-refractivity contribution in [2.75, 3.05) is 32.9 Å². The molecule has 0 spiro atoms. The van der Waals surface area contributed by atoms with Crippen molar-refractivity contribution in [2.24, 2.45) is 0 Å². The molecule has 0 N–H and O–H groups in total. The van der Waals surface area contributed by atoms with Gasteiger partial charge in [0, 0.05) is 24.2 Å². The van der Waals surface area contributed by atoms with Gasteiger partial charge in [0.15, 0.2) is 0 Å². The predicted molar refractivity (Wildman–Crippen MR) is 128 cm³/mol. The largest absolute Gasteiger partial charge is 0.494 e. The van der Waals surface area contributed by atoms with Gasteiger partial charge in [-0.15, -0.1) is 0 Å². The summed E-state index contributed by atoms with van der Waals surface area (Å²) in [5.74, 6) is -0.0765. The number of fused-ring (bicyclic) bond motifs is 1. The van der Waals surface area contributed by atoms with Crippen LogP contribution < -0.4 is 4.74 Å². The number of benzene rings is 3. The van der Waals surface area contributed by atoms with Crippen LogP contribution in [0.3, 0.4) is 0 Å². The number of aromatic nitrogens is 2. The Morgan fingerprint density at radius 3 is 2.56 bits per heavy atom. The molecule has 0 atom stereocenters. The molecular weight excluding hydrogens is 433 g/mol. The number of morpholine rings is 1. The van der Waals surface area contributed by atoms with E-state index in [1.165, 1.54) is 6.07 Å². The smallest absolute Gasteiger partial charge is 0.256 e. The van der Waals surface area contributed by atoms with Crippen LogP contribution in [0.4, 0.5) is 4.39 Å². The zero-order valence-electron chi connectivity index (χ0n) is 18.8. The van der Waals surface area contributed by atoms with E-state index in [-0.39, 0.29) is 11.5 Å². The van der Waals surface area contributed by atoms with Gasteiger partial charge in [0.1, 0.15) is 11.6 Å². The highest BCUT2D eigenvalue weighted by Crippen LogP contribution is 2.30. The number of halogens is 1. The van der Waals surface area contributed by atoms with Crippen molar-refractivity contribution in [1.82, 2.24) is 14.9 Å². The quantitative estimate of drug-likeness (QED) is 0.423. The van der Waals surface area contributed by atoms with Crippen molar-refractivity contribution in [3.63, 3.8) is 0 Å². The van der Waals surface area contributed by atoms with E-state index in [9.17, 15) is 4.79 Å². The van der Waals surface area contributed by atoms with Crippen molar-refractivity contribution >= 4 is 16.9 Å². The van der Waals surface area contributed by atoms with E-state index in [1.807, 2.05) is 49.4 Å². The van der Waals surface area contributed by atoms with Crippen LogP contribution in [0.25, 0.3) is 33.4 Å². The second-order valence-corrected chi connectivity index (χ2v) is 7.99. The SMILES string of the molecule is CCOc1ccc(-c2cnc3cccc(-c4ccc(C(=O)N5CCOCC5)c(F)c4)c3n2)cc1. The van der Waals surface area contributed by atoms with Gasteiger partial charge in [-0.25, -0.2) is 9.37 Å². The molecule has 1 aromatic heterocycles. The minimum absolute atomic E-state index is 0.0621. The normalized spacial score (nSPS) is 13.8. The van der Waals surface area contributed by atoms with Gasteiger partial charge in [0.25, 0.3) is 5.91 Å². The van der Waals surface area contributed by atoms with Crippen LogP contribution in [0.1, 0.15) is 17.3 Å². The van der Waals surface area contributed by atoms with E-state index in [4.69, 9.17) is 14.5 Å². The molecule has 1 amide bonds. The zero-order chi connectivity index (χ0) is 23.5. The third kappa shape index (κ3) is 4.34. The molecule has 4 aromatic rings. The van der Waals surface area contributed by atoms with E-state index in [1.54, 1.807) is 23.2 Å². The lowest BCUT2D eigenvalue weighted by molar-refractivity contribution is 0.0300. The zero-order valence-corrected chi connectivity index (χ0v) is 18.8. The number of ether oxygens (including phenoxy) is 2. The van der Waals surface area contributed by atoms with Gasteiger partial charge in [-0.2, -0.15) is 0 Å². The fraction of sp³-hybridized carbons (Fsp3) is 0.222. The molecule has 34 heavy (non-hydrogen) atoms. The van der Waals surface area contributed by atoms with E-state index in [0.29, 0.717) is 55.2 Å². The number of rotatable bonds is 5. The Morgan fingerprint density at radius 2 is 1.82 bits per heavy atom. The highest BCUT2D eigenvalue weighted by Gasteiger charge is 2.22. The summed E-state index contributed by atoms with van der Waals surface area (Å²) in [5, 5.41) is 0. The van der Waals surface area contributed by atoms with Crippen LogP contribution in [-0.2, 0) is 4.74 Å².